The number of anilines is 1. The smallest absolute Gasteiger partial charge is 0.244 e. The monoisotopic (exact) mass is 340 g/mol. The van der Waals surface area contributed by atoms with Crippen molar-refractivity contribution < 1.29 is 0 Å². The fourth-order valence-corrected chi connectivity index (χ4v) is 3.34. The van der Waals surface area contributed by atoms with E-state index in [9.17, 15) is 0 Å². The fraction of sp³-hybridized carbons (Fsp3) is 0.588. The van der Waals surface area contributed by atoms with Crippen LogP contribution in [-0.2, 0) is 19.9 Å². The first-order valence-corrected chi connectivity index (χ1v) is 8.84. The van der Waals surface area contributed by atoms with E-state index in [1.54, 1.807) is 0 Å². The standard InChI is InChI=1S/C17H24N8/c1-11-7-8-24(10-11)17-20-15(23(4)22-17)6-5-14-19-16-13(3)18-9-12(2)25(16)21-14/h9,11H,5-8,10H2,1-4H3. The van der Waals surface area contributed by atoms with Gasteiger partial charge in [0.25, 0.3) is 0 Å². The van der Waals surface area contributed by atoms with E-state index in [0.29, 0.717) is 0 Å². The highest BCUT2D eigenvalue weighted by Gasteiger charge is 2.23. The molecule has 1 saturated heterocycles. The van der Waals surface area contributed by atoms with Crippen molar-refractivity contribution in [1.82, 2.24) is 34.3 Å². The van der Waals surface area contributed by atoms with Gasteiger partial charge in [-0.05, 0) is 26.2 Å². The van der Waals surface area contributed by atoms with Gasteiger partial charge in [-0.25, -0.2) is 9.50 Å². The van der Waals surface area contributed by atoms with E-state index in [1.165, 1.54) is 6.42 Å². The Kier molecular flexibility index (Phi) is 3.89. The molecule has 0 saturated carbocycles. The molecule has 0 aliphatic carbocycles. The van der Waals surface area contributed by atoms with E-state index >= 15 is 0 Å². The maximum absolute atomic E-state index is 4.73. The summed E-state index contributed by atoms with van der Waals surface area (Å²) in [5.74, 6) is 3.36. The maximum Gasteiger partial charge on any atom is 0.244 e. The average molecular weight is 340 g/mol. The SMILES string of the molecule is Cc1ncc(C)n2nc(CCc3nc(N4CCC(C)C4)nn3C)nc12. The Morgan fingerprint density at radius 3 is 2.72 bits per heavy atom. The van der Waals surface area contributed by atoms with Gasteiger partial charge in [0.2, 0.25) is 5.95 Å². The minimum atomic E-state index is 0.717. The molecule has 1 aliphatic heterocycles. The number of hydrogen-bond acceptors (Lipinski definition) is 6. The van der Waals surface area contributed by atoms with Crippen molar-refractivity contribution >= 4 is 11.6 Å². The van der Waals surface area contributed by atoms with Gasteiger partial charge in [-0.2, -0.15) is 10.1 Å². The lowest BCUT2D eigenvalue weighted by Gasteiger charge is -2.11. The molecule has 0 radical (unpaired) electrons. The van der Waals surface area contributed by atoms with Gasteiger partial charge in [0.1, 0.15) is 5.82 Å². The quantitative estimate of drug-likeness (QED) is 0.716. The molecule has 8 nitrogen and oxygen atoms in total. The summed E-state index contributed by atoms with van der Waals surface area (Å²) in [7, 11) is 1.96. The topological polar surface area (TPSA) is 77.0 Å². The first kappa shape index (κ1) is 16.0. The Labute approximate surface area is 146 Å². The van der Waals surface area contributed by atoms with Gasteiger partial charge in [0.15, 0.2) is 11.5 Å². The molecule has 0 bridgehead atoms. The van der Waals surface area contributed by atoms with Crippen LogP contribution < -0.4 is 4.90 Å². The Balaban J connectivity index is 1.51. The van der Waals surface area contributed by atoms with Crippen molar-refractivity contribution in [2.24, 2.45) is 13.0 Å². The average Bonchev–Trinajstić information content (AvgIpc) is 3.28. The molecule has 1 fully saturated rings. The number of aryl methyl sites for hydroxylation is 5. The number of aromatic nitrogens is 7. The molecule has 132 valence electrons. The molecule has 0 spiro atoms. The molecule has 8 heteroatoms. The summed E-state index contributed by atoms with van der Waals surface area (Å²) in [5, 5.41) is 9.20. The zero-order chi connectivity index (χ0) is 17.6. The molecule has 1 unspecified atom stereocenters. The van der Waals surface area contributed by atoms with E-state index in [0.717, 1.165) is 66.5 Å². The van der Waals surface area contributed by atoms with Crippen molar-refractivity contribution in [3.8, 4) is 0 Å². The number of nitrogens with zero attached hydrogens (tertiary/aromatic N) is 8. The molecule has 1 aliphatic rings. The van der Waals surface area contributed by atoms with Crippen LogP contribution in [0.25, 0.3) is 5.65 Å². The molecule has 4 heterocycles. The molecule has 1 atom stereocenters. The van der Waals surface area contributed by atoms with Crippen molar-refractivity contribution in [2.45, 2.75) is 40.0 Å². The van der Waals surface area contributed by atoms with Crippen molar-refractivity contribution in [2.75, 3.05) is 18.0 Å². The Morgan fingerprint density at radius 1 is 1.16 bits per heavy atom. The van der Waals surface area contributed by atoms with Crippen molar-refractivity contribution in [1.29, 1.82) is 0 Å². The summed E-state index contributed by atoms with van der Waals surface area (Å²) < 4.78 is 3.75. The molecule has 4 rings (SSSR count). The minimum absolute atomic E-state index is 0.717. The fourth-order valence-electron chi connectivity index (χ4n) is 3.34. The zero-order valence-corrected chi connectivity index (χ0v) is 15.3. The largest absolute Gasteiger partial charge is 0.339 e. The number of fused-ring (bicyclic) bond motifs is 1. The highest BCUT2D eigenvalue weighted by atomic mass is 15.4. The lowest BCUT2D eigenvalue weighted by molar-refractivity contribution is 0.656. The summed E-state index contributed by atoms with van der Waals surface area (Å²) in [5.41, 5.74) is 2.72. The van der Waals surface area contributed by atoms with Crippen LogP contribution in [0, 0.1) is 19.8 Å². The first-order chi connectivity index (χ1) is 12.0. The van der Waals surface area contributed by atoms with Crippen LogP contribution in [0.1, 0.15) is 36.4 Å². The summed E-state index contributed by atoms with van der Waals surface area (Å²) in [6.07, 6.45) is 4.55. The Bertz CT molecular complexity index is 870. The molecule has 3 aromatic heterocycles. The van der Waals surface area contributed by atoms with Crippen LogP contribution in [0.2, 0.25) is 0 Å². The molecule has 25 heavy (non-hydrogen) atoms. The van der Waals surface area contributed by atoms with Gasteiger partial charge in [-0.3, -0.25) is 9.67 Å². The molecule has 0 amide bonds. The third kappa shape index (κ3) is 2.96. The number of hydrogen-bond donors (Lipinski definition) is 0. The Morgan fingerprint density at radius 2 is 2.00 bits per heavy atom. The summed E-state index contributed by atoms with van der Waals surface area (Å²) in [6, 6.07) is 0. The van der Waals surface area contributed by atoms with Gasteiger partial charge in [0.05, 0.1) is 11.4 Å². The highest BCUT2D eigenvalue weighted by Crippen LogP contribution is 2.20. The molecular formula is C17H24N8. The second kappa shape index (κ2) is 6.09. The second-order valence-corrected chi connectivity index (χ2v) is 7.04. The summed E-state index contributed by atoms with van der Waals surface area (Å²) >= 11 is 0. The predicted molar refractivity (Wildman–Crippen MR) is 94.7 cm³/mol. The zero-order valence-electron chi connectivity index (χ0n) is 15.3. The first-order valence-electron chi connectivity index (χ1n) is 8.84. The molecule has 3 aromatic rings. The number of rotatable bonds is 4. The van der Waals surface area contributed by atoms with Gasteiger partial charge in [-0.1, -0.05) is 6.92 Å². The van der Waals surface area contributed by atoms with Gasteiger partial charge in [0, 0.05) is 39.2 Å². The van der Waals surface area contributed by atoms with Gasteiger partial charge in [-0.15, -0.1) is 5.10 Å². The van der Waals surface area contributed by atoms with Crippen LogP contribution in [0.3, 0.4) is 0 Å². The third-order valence-electron chi connectivity index (χ3n) is 4.87. The van der Waals surface area contributed by atoms with Gasteiger partial charge >= 0.3 is 0 Å². The lowest BCUT2D eigenvalue weighted by atomic mass is 10.2. The second-order valence-electron chi connectivity index (χ2n) is 7.04. The highest BCUT2D eigenvalue weighted by molar-refractivity contribution is 5.43. The van der Waals surface area contributed by atoms with Crippen LogP contribution in [0.4, 0.5) is 5.95 Å². The lowest BCUT2D eigenvalue weighted by Crippen LogP contribution is -2.20. The van der Waals surface area contributed by atoms with Crippen molar-refractivity contribution in [3.63, 3.8) is 0 Å². The minimum Gasteiger partial charge on any atom is -0.339 e. The maximum atomic E-state index is 4.73. The van der Waals surface area contributed by atoms with E-state index in [2.05, 4.69) is 32.0 Å². The van der Waals surface area contributed by atoms with Crippen molar-refractivity contribution in [3.05, 3.63) is 29.2 Å². The van der Waals surface area contributed by atoms with E-state index < -0.39 is 0 Å². The van der Waals surface area contributed by atoms with Crippen LogP contribution in [0.5, 0.6) is 0 Å². The van der Waals surface area contributed by atoms with Crippen LogP contribution in [0.15, 0.2) is 6.20 Å². The van der Waals surface area contributed by atoms with Gasteiger partial charge < -0.3 is 4.90 Å². The van der Waals surface area contributed by atoms with Crippen LogP contribution in [-0.4, -0.2) is 47.4 Å². The van der Waals surface area contributed by atoms with E-state index in [1.807, 2.05) is 36.3 Å². The normalized spacial score (nSPS) is 17.8. The Hall–Kier alpha value is -2.51. The van der Waals surface area contributed by atoms with E-state index in [4.69, 9.17) is 4.98 Å². The molecular weight excluding hydrogens is 316 g/mol. The van der Waals surface area contributed by atoms with E-state index in [-0.39, 0.29) is 0 Å². The molecule has 0 aromatic carbocycles. The summed E-state index contributed by atoms with van der Waals surface area (Å²) in [6.45, 7) is 8.31. The van der Waals surface area contributed by atoms with Crippen LogP contribution >= 0.6 is 0 Å². The predicted octanol–water partition coefficient (Wildman–Crippen LogP) is 1.50. The summed E-state index contributed by atoms with van der Waals surface area (Å²) in [4.78, 5) is 16.0. The molecule has 0 N–H and O–H groups in total. The third-order valence-corrected chi connectivity index (χ3v) is 4.87.